The first-order valence-corrected chi connectivity index (χ1v) is 10.3. The second-order valence-corrected chi connectivity index (χ2v) is 7.06. The van der Waals surface area contributed by atoms with E-state index in [1.54, 1.807) is 0 Å². The summed E-state index contributed by atoms with van der Waals surface area (Å²) < 4.78 is 0. The number of hydrogen-bond donors (Lipinski definition) is 15. The van der Waals surface area contributed by atoms with Crippen molar-refractivity contribution in [3.63, 3.8) is 0 Å². The van der Waals surface area contributed by atoms with Gasteiger partial charge in [-0.3, -0.25) is 14.4 Å². The Morgan fingerprint density at radius 3 is 0.907 bits per heavy atom. The summed E-state index contributed by atoms with van der Waals surface area (Å²) in [6.07, 6.45) is -10.6. The van der Waals surface area contributed by atoms with E-state index in [0.717, 1.165) is 0 Å². The number of hydrogen-bond acceptors (Lipinski definition) is 15. The average molecular weight is 642 g/mol. The molecule has 0 aromatic carbocycles. The Balaban J connectivity index is -0.000000145. The number of aliphatic carboxylic acids is 9. The summed E-state index contributed by atoms with van der Waals surface area (Å²) in [5, 5.41) is 121. The van der Waals surface area contributed by atoms with Gasteiger partial charge in [-0.25, -0.2) is 28.8 Å². The van der Waals surface area contributed by atoms with Gasteiger partial charge in [0.2, 0.25) is 0 Å². The second kappa shape index (κ2) is 24.8. The monoisotopic (exact) mass is 642 g/mol. The van der Waals surface area contributed by atoms with Crippen LogP contribution in [0, 0.1) is 0 Å². The zero-order chi connectivity index (χ0) is 35.8. The first-order valence-electron chi connectivity index (χ1n) is 10.3. The quantitative estimate of drug-likeness (QED) is 0.0888. The van der Waals surface area contributed by atoms with E-state index >= 15 is 0 Å². The molecule has 4 atom stereocenters. The Morgan fingerprint density at radius 1 is 0.535 bits per heavy atom. The van der Waals surface area contributed by atoms with Crippen molar-refractivity contribution >= 4 is 53.7 Å². The number of aliphatic hydroxyl groups excluding tert-OH is 5. The smallest absolute Gasteiger partial charge is 0.336 e. The van der Waals surface area contributed by atoms with Crippen molar-refractivity contribution in [2.45, 2.75) is 56.2 Å². The van der Waals surface area contributed by atoms with E-state index < -0.39 is 110 Å². The van der Waals surface area contributed by atoms with E-state index in [1.165, 1.54) is 6.92 Å². The van der Waals surface area contributed by atoms with Crippen molar-refractivity contribution in [1.82, 2.24) is 0 Å². The molecule has 0 rings (SSSR count). The van der Waals surface area contributed by atoms with E-state index in [4.69, 9.17) is 81.4 Å². The lowest BCUT2D eigenvalue weighted by atomic mass is 9.96. The van der Waals surface area contributed by atoms with E-state index in [9.17, 15) is 38.4 Å². The van der Waals surface area contributed by atoms with Gasteiger partial charge in [0, 0.05) is 0 Å². The molecule has 0 fully saturated rings. The molecule has 0 amide bonds. The van der Waals surface area contributed by atoms with Crippen molar-refractivity contribution in [1.29, 1.82) is 0 Å². The van der Waals surface area contributed by atoms with Gasteiger partial charge in [0.1, 0.15) is 12.7 Å². The third-order valence-corrected chi connectivity index (χ3v) is 3.24. The summed E-state index contributed by atoms with van der Waals surface area (Å²) in [5.41, 5.74) is -2.74. The molecular formula is C19H30O24. The van der Waals surface area contributed by atoms with Gasteiger partial charge in [-0.05, 0) is 6.92 Å². The molecule has 0 saturated carbocycles. The van der Waals surface area contributed by atoms with Gasteiger partial charge in [-0.2, -0.15) is 0 Å². The highest BCUT2D eigenvalue weighted by atomic mass is 16.4. The highest BCUT2D eigenvalue weighted by Crippen LogP contribution is 2.15. The summed E-state index contributed by atoms with van der Waals surface area (Å²) in [6, 6.07) is 0. The van der Waals surface area contributed by atoms with E-state index in [1.807, 2.05) is 0 Å². The fraction of sp³-hybridized carbons (Fsp3) is 0.526. The third-order valence-electron chi connectivity index (χ3n) is 3.24. The molecular weight excluding hydrogens is 612 g/mol. The second-order valence-electron chi connectivity index (χ2n) is 7.06. The Kier molecular flexibility index (Phi) is 27.5. The zero-order valence-corrected chi connectivity index (χ0v) is 21.5. The lowest BCUT2D eigenvalue weighted by Gasteiger charge is -2.18. The number of rotatable bonds is 13. The lowest BCUT2D eigenvalue weighted by molar-refractivity contribution is -0.170. The van der Waals surface area contributed by atoms with Crippen molar-refractivity contribution in [2.75, 3.05) is 6.61 Å². The van der Waals surface area contributed by atoms with Crippen LogP contribution in [0.25, 0.3) is 0 Å². The first kappa shape index (κ1) is 47.8. The Bertz CT molecular complexity index is 918. The minimum atomic E-state index is -2.74. The molecule has 24 nitrogen and oxygen atoms in total. The van der Waals surface area contributed by atoms with Crippen LogP contribution in [0.3, 0.4) is 0 Å². The van der Waals surface area contributed by atoms with Crippen LogP contribution in [0.4, 0.5) is 0 Å². The van der Waals surface area contributed by atoms with Gasteiger partial charge >= 0.3 is 53.7 Å². The SMILES string of the molecule is CC(O)C(=O)O.O=C(O)C(O)C(O)C(=O)O.O=C(O)CC(O)(CC(=O)O)C(=O)O.O=C(O)CC(O)C(=O)O.O=C(O)CO. The van der Waals surface area contributed by atoms with Gasteiger partial charge in [0.05, 0.1) is 19.3 Å². The molecule has 0 aromatic heterocycles. The molecule has 0 radical (unpaired) electrons. The highest BCUT2D eigenvalue weighted by molar-refractivity contribution is 5.88. The first-order chi connectivity index (χ1) is 19.2. The molecule has 0 aromatic rings. The van der Waals surface area contributed by atoms with Gasteiger partial charge in [0.25, 0.3) is 0 Å². The predicted octanol–water partition coefficient (Wildman–Crippen LogP) is -5.95. The standard InChI is InChI=1S/C6H8O7.C4H6O6.C4H6O5.C3H6O3.C2H4O3/c7-3(8)1-6(13,5(11)12)2-4(9)10;5-1(3(7)8)2(6)4(9)10;5-2(4(8)9)1-3(6)7;1-2(4)3(5)6;3-1-2(4)5/h13H,1-2H2,(H,7,8)(H,9,10)(H,11,12);1-2,5-6H,(H,7,8)(H,9,10);2,5H,1H2,(H,6,7)(H,8,9);2,4H,1H3,(H,5,6);3H,1H2,(H,4,5). The fourth-order valence-electron chi connectivity index (χ4n) is 1.24. The predicted molar refractivity (Wildman–Crippen MR) is 124 cm³/mol. The van der Waals surface area contributed by atoms with Crippen molar-refractivity contribution in [3.05, 3.63) is 0 Å². The Labute approximate surface area is 237 Å². The molecule has 0 saturated heterocycles. The van der Waals surface area contributed by atoms with Crippen LogP contribution < -0.4 is 0 Å². The van der Waals surface area contributed by atoms with E-state index in [-0.39, 0.29) is 0 Å². The molecule has 24 heteroatoms. The van der Waals surface area contributed by atoms with Crippen LogP contribution in [-0.2, 0) is 43.2 Å². The van der Waals surface area contributed by atoms with Crippen molar-refractivity contribution in [2.24, 2.45) is 0 Å². The van der Waals surface area contributed by atoms with Crippen LogP contribution in [0.2, 0.25) is 0 Å². The summed E-state index contributed by atoms with van der Waals surface area (Å²) in [5.74, 6) is -13.8. The maximum absolute atomic E-state index is 10.3. The van der Waals surface area contributed by atoms with Crippen LogP contribution in [0.5, 0.6) is 0 Å². The molecule has 0 aliphatic heterocycles. The Morgan fingerprint density at radius 2 is 0.814 bits per heavy atom. The van der Waals surface area contributed by atoms with Crippen LogP contribution in [0.1, 0.15) is 26.2 Å². The number of carboxylic acid groups (broad SMARTS) is 9. The van der Waals surface area contributed by atoms with Gasteiger partial charge in [-0.1, -0.05) is 0 Å². The van der Waals surface area contributed by atoms with E-state index in [0.29, 0.717) is 0 Å². The molecule has 4 unspecified atom stereocenters. The molecule has 0 aliphatic rings. The highest BCUT2D eigenvalue weighted by Gasteiger charge is 2.40. The normalized spacial score (nSPS) is 12.3. The zero-order valence-electron chi connectivity index (χ0n) is 21.5. The average Bonchev–Trinajstić information content (AvgIpc) is 2.82. The van der Waals surface area contributed by atoms with Crippen molar-refractivity contribution in [3.8, 4) is 0 Å². The minimum Gasteiger partial charge on any atom is -0.481 e. The van der Waals surface area contributed by atoms with Gasteiger partial charge in [0.15, 0.2) is 23.9 Å². The lowest BCUT2D eigenvalue weighted by Crippen LogP contribution is -2.42. The largest absolute Gasteiger partial charge is 0.481 e. The fourth-order valence-corrected chi connectivity index (χ4v) is 1.24. The molecule has 0 heterocycles. The molecule has 43 heavy (non-hydrogen) atoms. The molecule has 250 valence electrons. The van der Waals surface area contributed by atoms with Crippen LogP contribution >= 0.6 is 0 Å². The maximum Gasteiger partial charge on any atom is 0.336 e. The number of carboxylic acids is 9. The number of carbonyl (C=O) groups is 9. The molecule has 0 bridgehead atoms. The topological polar surface area (TPSA) is 457 Å². The maximum atomic E-state index is 10.3. The minimum absolute atomic E-state index is 0.755. The molecule has 15 N–H and O–H groups in total. The molecule has 0 aliphatic carbocycles. The summed E-state index contributed by atoms with van der Waals surface area (Å²) in [6.45, 7) is 0.419. The molecule has 0 spiro atoms. The van der Waals surface area contributed by atoms with Crippen LogP contribution in [-0.4, -0.2) is 167 Å². The third kappa shape index (κ3) is 33.1. The van der Waals surface area contributed by atoms with Crippen molar-refractivity contribution < 1.29 is 120 Å². The summed E-state index contributed by atoms with van der Waals surface area (Å²) in [4.78, 5) is 88.0. The van der Waals surface area contributed by atoms with Crippen LogP contribution in [0.15, 0.2) is 0 Å². The van der Waals surface area contributed by atoms with Gasteiger partial charge in [-0.15, -0.1) is 0 Å². The Hall–Kier alpha value is -5.01. The summed E-state index contributed by atoms with van der Waals surface area (Å²) >= 11 is 0. The number of aliphatic hydroxyl groups is 6. The summed E-state index contributed by atoms with van der Waals surface area (Å²) in [7, 11) is 0. The van der Waals surface area contributed by atoms with E-state index in [2.05, 4.69) is 0 Å². The van der Waals surface area contributed by atoms with Gasteiger partial charge < -0.3 is 76.6 Å².